The molecule has 0 saturated heterocycles. The zero-order chi connectivity index (χ0) is 23.8. The Bertz CT molecular complexity index is 1320. The van der Waals surface area contributed by atoms with Crippen molar-refractivity contribution in [3.05, 3.63) is 101 Å². The molecule has 176 valence electrons. The van der Waals surface area contributed by atoms with Gasteiger partial charge in [0.2, 0.25) is 0 Å². The van der Waals surface area contributed by atoms with Crippen LogP contribution in [0.5, 0.6) is 0 Å². The summed E-state index contributed by atoms with van der Waals surface area (Å²) in [5.41, 5.74) is -0.900. The maximum absolute atomic E-state index is 13.4. The number of carbonyl (C=O) groups excluding carboxylic acids is 1. The summed E-state index contributed by atoms with van der Waals surface area (Å²) < 4.78 is 55.1. The molecule has 0 fully saturated rings. The van der Waals surface area contributed by atoms with E-state index in [1.165, 1.54) is 47.2 Å². The number of carbonyl (C=O) groups is 1. The van der Waals surface area contributed by atoms with Crippen molar-refractivity contribution in [2.45, 2.75) is 6.18 Å². The summed E-state index contributed by atoms with van der Waals surface area (Å²) in [7, 11) is 0. The number of hydrogen-bond acceptors (Lipinski definition) is 3. The van der Waals surface area contributed by atoms with Gasteiger partial charge in [0.15, 0.2) is 0 Å². The van der Waals surface area contributed by atoms with Crippen LogP contribution in [0.2, 0.25) is 5.02 Å². The zero-order valence-electron chi connectivity index (χ0n) is 17.1. The van der Waals surface area contributed by atoms with Crippen LogP contribution in [0, 0.1) is 5.82 Å². The third-order valence-corrected chi connectivity index (χ3v) is 5.16. The lowest BCUT2D eigenvalue weighted by Gasteiger charge is -2.20. The summed E-state index contributed by atoms with van der Waals surface area (Å²) in [5.74, 6) is 4.61. The molecular weight excluding hydrogens is 495 g/mol. The highest BCUT2D eigenvalue weighted by Gasteiger charge is 2.36. The van der Waals surface area contributed by atoms with Crippen molar-refractivity contribution < 1.29 is 22.4 Å². The maximum Gasteiger partial charge on any atom is 0.418 e. The number of imidazole rings is 1. The number of benzene rings is 3. The Labute approximate surface area is 202 Å². The molecule has 0 aliphatic rings. The number of nitrogens with zero attached hydrogens (tertiary/aromatic N) is 3. The number of alkyl halides is 3. The average molecular weight is 511 g/mol. The Morgan fingerprint density at radius 1 is 0.971 bits per heavy atom. The maximum atomic E-state index is 13.4. The molecule has 0 bridgehead atoms. The quantitative estimate of drug-likeness (QED) is 0.152. The molecule has 0 aliphatic heterocycles. The van der Waals surface area contributed by atoms with Gasteiger partial charge in [-0.2, -0.15) is 13.2 Å². The van der Waals surface area contributed by atoms with E-state index in [-0.39, 0.29) is 23.9 Å². The number of aromatic nitrogens is 2. The molecule has 4 rings (SSSR count). The minimum Gasteiger partial charge on any atom is -0.299 e. The average Bonchev–Trinajstić information content (AvgIpc) is 3.23. The minimum atomic E-state index is -4.72. The standard InChI is InChI=1S/C23H15ClF4N4O.ClH/c24-18-7-3-1-5-16(18)21-30-19(13-31(21)15-11-9-14(25)10-12-15)22(33)32(29)20-8-4-2-6-17(20)23(26,27)28;/h1-13H,29H2;1H. The van der Waals surface area contributed by atoms with Crippen molar-refractivity contribution in [1.82, 2.24) is 9.55 Å². The molecule has 0 atom stereocenters. The smallest absolute Gasteiger partial charge is 0.299 e. The summed E-state index contributed by atoms with van der Waals surface area (Å²) in [6.45, 7) is 0. The summed E-state index contributed by atoms with van der Waals surface area (Å²) in [5, 5.41) is 0.730. The summed E-state index contributed by atoms with van der Waals surface area (Å²) in [4.78, 5) is 17.4. The number of nitrogens with two attached hydrogens (primary N) is 1. The van der Waals surface area contributed by atoms with Crippen LogP contribution < -0.4 is 10.9 Å². The number of hydrazine groups is 1. The number of amides is 1. The highest BCUT2D eigenvalue weighted by Crippen LogP contribution is 2.36. The highest BCUT2D eigenvalue weighted by molar-refractivity contribution is 6.33. The molecule has 4 aromatic rings. The molecule has 0 saturated carbocycles. The van der Waals surface area contributed by atoms with Crippen LogP contribution >= 0.6 is 24.0 Å². The van der Waals surface area contributed by atoms with Crippen LogP contribution in [0.1, 0.15) is 16.1 Å². The van der Waals surface area contributed by atoms with E-state index in [4.69, 9.17) is 17.4 Å². The van der Waals surface area contributed by atoms with Gasteiger partial charge in [-0.05, 0) is 48.5 Å². The lowest BCUT2D eigenvalue weighted by atomic mass is 10.1. The first-order valence-corrected chi connectivity index (χ1v) is 9.90. The second-order valence-electron chi connectivity index (χ2n) is 6.97. The van der Waals surface area contributed by atoms with Crippen LogP contribution in [0.25, 0.3) is 17.1 Å². The lowest BCUT2D eigenvalue weighted by molar-refractivity contribution is -0.137. The predicted molar refractivity (Wildman–Crippen MR) is 124 cm³/mol. The van der Waals surface area contributed by atoms with Gasteiger partial charge < -0.3 is 0 Å². The molecule has 0 radical (unpaired) electrons. The number of anilines is 1. The van der Waals surface area contributed by atoms with Crippen molar-refractivity contribution in [3.63, 3.8) is 0 Å². The number of halogens is 6. The molecule has 34 heavy (non-hydrogen) atoms. The largest absolute Gasteiger partial charge is 0.418 e. The van der Waals surface area contributed by atoms with Gasteiger partial charge in [-0.3, -0.25) is 9.36 Å². The Hall–Kier alpha value is -3.40. The van der Waals surface area contributed by atoms with E-state index < -0.39 is 29.2 Å². The molecule has 1 amide bonds. The van der Waals surface area contributed by atoms with E-state index >= 15 is 0 Å². The van der Waals surface area contributed by atoms with Gasteiger partial charge in [0.25, 0.3) is 5.91 Å². The van der Waals surface area contributed by atoms with E-state index in [0.717, 1.165) is 12.1 Å². The van der Waals surface area contributed by atoms with Gasteiger partial charge >= 0.3 is 6.18 Å². The first-order chi connectivity index (χ1) is 15.7. The fourth-order valence-electron chi connectivity index (χ4n) is 3.27. The highest BCUT2D eigenvalue weighted by atomic mass is 35.5. The SMILES string of the molecule is Cl.NN(C(=O)c1cn(-c2ccc(F)cc2)c(-c2ccccc2Cl)n1)c1ccccc1C(F)(F)F. The molecule has 5 nitrogen and oxygen atoms in total. The molecular formula is C23H16Cl2F4N4O. The number of rotatable bonds is 4. The Balaban J connectivity index is 0.00000324. The van der Waals surface area contributed by atoms with Gasteiger partial charge in [-0.1, -0.05) is 35.9 Å². The Kier molecular flexibility index (Phi) is 7.30. The van der Waals surface area contributed by atoms with Gasteiger partial charge in [0.1, 0.15) is 17.3 Å². The van der Waals surface area contributed by atoms with Gasteiger partial charge in [-0.25, -0.2) is 20.2 Å². The third-order valence-electron chi connectivity index (χ3n) is 4.83. The van der Waals surface area contributed by atoms with Crippen molar-refractivity contribution in [2.75, 3.05) is 5.01 Å². The molecule has 1 aromatic heterocycles. The molecule has 0 unspecified atom stereocenters. The van der Waals surface area contributed by atoms with Gasteiger partial charge in [0.05, 0.1) is 16.3 Å². The van der Waals surface area contributed by atoms with Crippen LogP contribution in [0.4, 0.5) is 23.2 Å². The zero-order valence-corrected chi connectivity index (χ0v) is 18.7. The van der Waals surface area contributed by atoms with Crippen LogP contribution in [0.15, 0.2) is 79.0 Å². The van der Waals surface area contributed by atoms with Crippen LogP contribution in [-0.2, 0) is 6.18 Å². The normalized spacial score (nSPS) is 11.1. The molecule has 3 aromatic carbocycles. The van der Waals surface area contributed by atoms with E-state index in [2.05, 4.69) is 4.98 Å². The van der Waals surface area contributed by atoms with Crippen LogP contribution in [0.3, 0.4) is 0 Å². The summed E-state index contributed by atoms with van der Waals surface area (Å²) in [6.07, 6.45) is -3.41. The minimum absolute atomic E-state index is 0. The topological polar surface area (TPSA) is 64.2 Å². The monoisotopic (exact) mass is 510 g/mol. The van der Waals surface area contributed by atoms with Crippen LogP contribution in [-0.4, -0.2) is 15.5 Å². The molecule has 0 aliphatic carbocycles. The Morgan fingerprint density at radius 3 is 2.24 bits per heavy atom. The van der Waals surface area contributed by atoms with E-state index in [9.17, 15) is 22.4 Å². The van der Waals surface area contributed by atoms with Gasteiger partial charge in [0, 0.05) is 17.4 Å². The lowest BCUT2D eigenvalue weighted by Crippen LogP contribution is -2.39. The molecule has 1 heterocycles. The number of hydrogen-bond donors (Lipinski definition) is 1. The first kappa shape index (κ1) is 25.2. The number of para-hydroxylation sites is 1. The molecule has 2 N–H and O–H groups in total. The van der Waals surface area contributed by atoms with E-state index in [1.807, 2.05) is 0 Å². The first-order valence-electron chi connectivity index (χ1n) is 9.52. The molecule has 11 heteroatoms. The fraction of sp³-hybridized carbons (Fsp3) is 0.0435. The van der Waals surface area contributed by atoms with Crippen molar-refractivity contribution in [2.24, 2.45) is 5.84 Å². The summed E-state index contributed by atoms with van der Waals surface area (Å²) in [6, 6.07) is 16.5. The van der Waals surface area contributed by atoms with E-state index in [1.54, 1.807) is 24.3 Å². The molecule has 0 spiro atoms. The van der Waals surface area contributed by atoms with E-state index in [0.29, 0.717) is 21.3 Å². The van der Waals surface area contributed by atoms with Crippen molar-refractivity contribution >= 4 is 35.6 Å². The fourth-order valence-corrected chi connectivity index (χ4v) is 3.49. The second kappa shape index (κ2) is 9.84. The Morgan fingerprint density at radius 2 is 1.59 bits per heavy atom. The van der Waals surface area contributed by atoms with Crippen molar-refractivity contribution in [3.8, 4) is 17.1 Å². The van der Waals surface area contributed by atoms with Crippen molar-refractivity contribution in [1.29, 1.82) is 0 Å². The third kappa shape index (κ3) is 4.91. The summed E-state index contributed by atoms with van der Waals surface area (Å²) >= 11 is 6.30. The second-order valence-corrected chi connectivity index (χ2v) is 7.37. The predicted octanol–water partition coefficient (Wildman–Crippen LogP) is 6.29. The van der Waals surface area contributed by atoms with Gasteiger partial charge in [-0.15, -0.1) is 12.4 Å².